The third-order valence-electron chi connectivity index (χ3n) is 3.38. The molecule has 20 heavy (non-hydrogen) atoms. The number of likely N-dealkylation sites (tertiary alicyclic amines) is 1. The van der Waals surface area contributed by atoms with Crippen LogP contribution in [-0.4, -0.2) is 30.0 Å². The van der Waals surface area contributed by atoms with Gasteiger partial charge in [0, 0.05) is 17.6 Å². The Balaban J connectivity index is 2.05. The second-order valence-electron chi connectivity index (χ2n) is 4.90. The first-order chi connectivity index (χ1) is 9.61. The SMILES string of the molecule is CC(Oc1ccc(Br)cc1C#N)C(=O)N1CCCCC1. The maximum absolute atomic E-state index is 12.3. The van der Waals surface area contributed by atoms with Crippen molar-refractivity contribution in [2.75, 3.05) is 13.1 Å². The van der Waals surface area contributed by atoms with Crippen molar-refractivity contribution in [1.29, 1.82) is 5.26 Å². The highest BCUT2D eigenvalue weighted by molar-refractivity contribution is 9.10. The lowest BCUT2D eigenvalue weighted by Gasteiger charge is -2.29. The number of amides is 1. The molecule has 1 aromatic carbocycles. The quantitative estimate of drug-likeness (QED) is 0.852. The van der Waals surface area contributed by atoms with Crippen molar-refractivity contribution >= 4 is 21.8 Å². The van der Waals surface area contributed by atoms with Gasteiger partial charge in [0.2, 0.25) is 0 Å². The van der Waals surface area contributed by atoms with Crippen LogP contribution in [0.2, 0.25) is 0 Å². The number of hydrogen-bond donors (Lipinski definition) is 0. The Morgan fingerprint density at radius 3 is 2.75 bits per heavy atom. The summed E-state index contributed by atoms with van der Waals surface area (Å²) in [5.74, 6) is 0.449. The number of halogens is 1. The van der Waals surface area contributed by atoms with Gasteiger partial charge in [-0.15, -0.1) is 0 Å². The summed E-state index contributed by atoms with van der Waals surface area (Å²) in [5, 5.41) is 9.10. The molecule has 0 bridgehead atoms. The number of rotatable bonds is 3. The number of carbonyl (C=O) groups is 1. The molecule has 4 nitrogen and oxygen atoms in total. The fraction of sp³-hybridized carbons (Fsp3) is 0.467. The largest absolute Gasteiger partial charge is 0.480 e. The van der Waals surface area contributed by atoms with E-state index in [0.717, 1.165) is 30.4 Å². The molecule has 2 rings (SSSR count). The molecule has 1 aliphatic heterocycles. The molecule has 1 saturated heterocycles. The van der Waals surface area contributed by atoms with E-state index >= 15 is 0 Å². The molecule has 0 aliphatic carbocycles. The minimum absolute atomic E-state index is 0.00323. The topological polar surface area (TPSA) is 53.3 Å². The van der Waals surface area contributed by atoms with Gasteiger partial charge < -0.3 is 9.64 Å². The van der Waals surface area contributed by atoms with Crippen molar-refractivity contribution in [2.24, 2.45) is 0 Å². The van der Waals surface area contributed by atoms with Gasteiger partial charge in [0.25, 0.3) is 5.91 Å². The van der Waals surface area contributed by atoms with Crippen LogP contribution in [0.5, 0.6) is 5.75 Å². The highest BCUT2D eigenvalue weighted by Crippen LogP contribution is 2.24. The average Bonchev–Trinajstić information content (AvgIpc) is 2.49. The van der Waals surface area contributed by atoms with Crippen molar-refractivity contribution < 1.29 is 9.53 Å². The molecule has 1 aromatic rings. The van der Waals surface area contributed by atoms with Crippen LogP contribution in [0.1, 0.15) is 31.7 Å². The number of carbonyl (C=O) groups excluding carboxylic acids is 1. The van der Waals surface area contributed by atoms with E-state index < -0.39 is 6.10 Å². The van der Waals surface area contributed by atoms with Crippen LogP contribution in [0.4, 0.5) is 0 Å². The Kier molecular flexibility index (Phi) is 5.02. The summed E-state index contributed by atoms with van der Waals surface area (Å²) >= 11 is 3.31. The van der Waals surface area contributed by atoms with Crippen LogP contribution in [0.15, 0.2) is 22.7 Å². The Morgan fingerprint density at radius 2 is 2.10 bits per heavy atom. The van der Waals surface area contributed by atoms with Gasteiger partial charge in [0.05, 0.1) is 5.56 Å². The highest BCUT2D eigenvalue weighted by Gasteiger charge is 2.24. The van der Waals surface area contributed by atoms with Gasteiger partial charge in [-0.3, -0.25) is 4.79 Å². The second-order valence-corrected chi connectivity index (χ2v) is 5.81. The lowest BCUT2D eigenvalue weighted by molar-refractivity contribution is -0.138. The predicted molar refractivity (Wildman–Crippen MR) is 79.4 cm³/mol. The van der Waals surface area contributed by atoms with Crippen molar-refractivity contribution in [3.63, 3.8) is 0 Å². The molecular weight excluding hydrogens is 320 g/mol. The fourth-order valence-corrected chi connectivity index (χ4v) is 2.67. The van der Waals surface area contributed by atoms with E-state index in [9.17, 15) is 4.79 Å². The number of nitrogens with zero attached hydrogens (tertiary/aromatic N) is 2. The summed E-state index contributed by atoms with van der Waals surface area (Å²) in [4.78, 5) is 14.1. The van der Waals surface area contributed by atoms with Crippen LogP contribution < -0.4 is 4.74 Å². The Morgan fingerprint density at radius 1 is 1.40 bits per heavy atom. The molecular formula is C15H17BrN2O2. The normalized spacial score (nSPS) is 16.4. The Hall–Kier alpha value is -1.54. The van der Waals surface area contributed by atoms with E-state index in [4.69, 9.17) is 10.00 Å². The van der Waals surface area contributed by atoms with Crippen LogP contribution in [-0.2, 0) is 4.79 Å². The standard InChI is InChI=1S/C15H17BrN2O2/c1-11(15(19)18-7-3-2-4-8-18)20-14-6-5-13(16)9-12(14)10-17/h5-6,9,11H,2-4,7-8H2,1H3. The molecule has 5 heteroatoms. The monoisotopic (exact) mass is 336 g/mol. The lowest BCUT2D eigenvalue weighted by Crippen LogP contribution is -2.43. The lowest BCUT2D eigenvalue weighted by atomic mass is 10.1. The molecule has 1 atom stereocenters. The summed E-state index contributed by atoms with van der Waals surface area (Å²) in [7, 11) is 0. The van der Waals surface area contributed by atoms with Gasteiger partial charge in [-0.05, 0) is 44.4 Å². The third kappa shape index (κ3) is 3.51. The van der Waals surface area contributed by atoms with Gasteiger partial charge in [-0.25, -0.2) is 0 Å². The summed E-state index contributed by atoms with van der Waals surface area (Å²) in [5.41, 5.74) is 0.428. The first-order valence-electron chi connectivity index (χ1n) is 6.77. The van der Waals surface area contributed by atoms with Gasteiger partial charge in [-0.2, -0.15) is 5.26 Å². The molecule has 1 unspecified atom stereocenters. The number of ether oxygens (including phenoxy) is 1. The van der Waals surface area contributed by atoms with Crippen LogP contribution in [0.3, 0.4) is 0 Å². The molecule has 0 spiro atoms. The van der Waals surface area contributed by atoms with Crippen LogP contribution in [0.25, 0.3) is 0 Å². The predicted octanol–water partition coefficient (Wildman–Crippen LogP) is 3.10. The smallest absolute Gasteiger partial charge is 0.263 e. The van der Waals surface area contributed by atoms with E-state index in [1.807, 2.05) is 4.90 Å². The number of hydrogen-bond acceptors (Lipinski definition) is 3. The molecule has 0 radical (unpaired) electrons. The van der Waals surface area contributed by atoms with Crippen molar-refractivity contribution in [3.05, 3.63) is 28.2 Å². The van der Waals surface area contributed by atoms with Gasteiger partial charge in [0.1, 0.15) is 11.8 Å². The fourth-order valence-electron chi connectivity index (χ4n) is 2.30. The van der Waals surface area contributed by atoms with Gasteiger partial charge in [-0.1, -0.05) is 15.9 Å². The number of benzene rings is 1. The first-order valence-corrected chi connectivity index (χ1v) is 7.56. The summed E-state index contributed by atoms with van der Waals surface area (Å²) < 4.78 is 6.49. The molecule has 1 amide bonds. The minimum atomic E-state index is -0.568. The van der Waals surface area contributed by atoms with E-state index in [1.165, 1.54) is 6.42 Å². The third-order valence-corrected chi connectivity index (χ3v) is 3.87. The van der Waals surface area contributed by atoms with Crippen LogP contribution in [0, 0.1) is 11.3 Å². The molecule has 0 N–H and O–H groups in total. The molecule has 1 fully saturated rings. The Labute approximate surface area is 127 Å². The summed E-state index contributed by atoms with van der Waals surface area (Å²) in [6, 6.07) is 7.28. The Bertz CT molecular complexity index is 533. The zero-order valence-corrected chi connectivity index (χ0v) is 13.0. The first kappa shape index (κ1) is 14.9. The van der Waals surface area contributed by atoms with E-state index in [1.54, 1.807) is 25.1 Å². The van der Waals surface area contributed by atoms with Crippen LogP contribution >= 0.6 is 15.9 Å². The van der Waals surface area contributed by atoms with E-state index in [2.05, 4.69) is 22.0 Å². The van der Waals surface area contributed by atoms with E-state index in [-0.39, 0.29) is 5.91 Å². The number of piperidine rings is 1. The zero-order valence-electron chi connectivity index (χ0n) is 11.4. The van der Waals surface area contributed by atoms with Gasteiger partial charge in [0.15, 0.2) is 6.10 Å². The molecule has 0 aromatic heterocycles. The maximum Gasteiger partial charge on any atom is 0.263 e. The molecule has 1 aliphatic rings. The molecule has 1 heterocycles. The molecule has 106 valence electrons. The minimum Gasteiger partial charge on any atom is -0.480 e. The molecule has 0 saturated carbocycles. The maximum atomic E-state index is 12.3. The van der Waals surface area contributed by atoms with Gasteiger partial charge >= 0.3 is 0 Å². The van der Waals surface area contributed by atoms with E-state index in [0.29, 0.717) is 11.3 Å². The summed E-state index contributed by atoms with van der Waals surface area (Å²) in [6.07, 6.45) is 2.73. The van der Waals surface area contributed by atoms with Crippen molar-refractivity contribution in [2.45, 2.75) is 32.3 Å². The highest BCUT2D eigenvalue weighted by atomic mass is 79.9. The number of nitriles is 1. The second kappa shape index (κ2) is 6.76. The van der Waals surface area contributed by atoms with Crippen molar-refractivity contribution in [1.82, 2.24) is 4.90 Å². The average molecular weight is 337 g/mol. The summed E-state index contributed by atoms with van der Waals surface area (Å²) in [6.45, 7) is 3.34. The zero-order chi connectivity index (χ0) is 14.5. The van der Waals surface area contributed by atoms with Crippen molar-refractivity contribution in [3.8, 4) is 11.8 Å².